The molecule has 121 heavy (non-hydrogen) atoms. The van der Waals surface area contributed by atoms with Gasteiger partial charge in [0.1, 0.15) is 17.2 Å². The van der Waals surface area contributed by atoms with Gasteiger partial charge >= 0.3 is 0 Å². The summed E-state index contributed by atoms with van der Waals surface area (Å²) in [5.41, 5.74) is 20.8. The van der Waals surface area contributed by atoms with Gasteiger partial charge in [-0.15, -0.1) is 0 Å². The molecule has 13 rings (SSSR count). The fourth-order valence-electron chi connectivity index (χ4n) is 18.2. The van der Waals surface area contributed by atoms with Gasteiger partial charge in [-0.25, -0.2) is 9.97 Å². The van der Waals surface area contributed by atoms with Crippen molar-refractivity contribution in [2.75, 3.05) is 20.3 Å². The predicted molar refractivity (Wildman–Crippen MR) is 518 cm³/mol. The highest BCUT2D eigenvalue weighted by atomic mass is 16.5. The van der Waals surface area contributed by atoms with Crippen molar-refractivity contribution in [2.45, 2.75) is 280 Å². The Morgan fingerprint density at radius 1 is 0.281 bits per heavy atom. The van der Waals surface area contributed by atoms with Gasteiger partial charge in [-0.05, 0) is 192 Å². The Kier molecular flexibility index (Phi) is 32.7. The van der Waals surface area contributed by atoms with Gasteiger partial charge in [0.15, 0.2) is 0 Å². The Morgan fingerprint density at radius 2 is 0.595 bits per heavy atom. The van der Waals surface area contributed by atoms with Crippen LogP contribution in [0.2, 0.25) is 0 Å². The molecule has 0 saturated carbocycles. The van der Waals surface area contributed by atoms with Crippen molar-refractivity contribution in [3.63, 3.8) is 0 Å². The lowest BCUT2D eigenvalue weighted by Gasteiger charge is -2.19. The monoisotopic (exact) mass is 1600 g/mol. The summed E-state index contributed by atoms with van der Waals surface area (Å²) >= 11 is 0. The third-order valence-corrected chi connectivity index (χ3v) is 24.9. The van der Waals surface area contributed by atoms with Crippen LogP contribution in [0.3, 0.4) is 0 Å². The van der Waals surface area contributed by atoms with Crippen LogP contribution in [-0.4, -0.2) is 40.3 Å². The Balaban J connectivity index is 1.05. The van der Waals surface area contributed by atoms with Crippen molar-refractivity contribution in [2.24, 2.45) is 0 Å². The summed E-state index contributed by atoms with van der Waals surface area (Å²) in [6.45, 7) is 21.5. The van der Waals surface area contributed by atoms with Gasteiger partial charge in [0, 0.05) is 56.0 Å². The van der Waals surface area contributed by atoms with E-state index in [2.05, 4.69) is 283 Å². The molecule has 2 unspecified atom stereocenters. The molecule has 7 heteroatoms. The molecule has 0 amide bonds. The summed E-state index contributed by atoms with van der Waals surface area (Å²) in [5.74, 6) is 33.6. The number of hydrogen-bond acceptors (Lipinski definition) is 5. The molecule has 2 aliphatic rings. The number of rotatable bonds is 39. The average molecular weight is 1600 g/mol. The first kappa shape index (κ1) is 87.8. The summed E-state index contributed by atoms with van der Waals surface area (Å²) in [6, 6.07) is 52.6. The van der Waals surface area contributed by atoms with Crippen molar-refractivity contribution >= 4 is 89.5 Å². The second-order valence-electron chi connectivity index (χ2n) is 34.0. The highest BCUT2D eigenvalue weighted by Crippen LogP contribution is 2.42. The summed E-state index contributed by atoms with van der Waals surface area (Å²) in [4.78, 5) is 20.3. The van der Waals surface area contributed by atoms with Crippen molar-refractivity contribution in [3.8, 4) is 64.6 Å². The summed E-state index contributed by atoms with van der Waals surface area (Å²) in [5, 5.41) is 8.46. The minimum Gasteiger partial charge on any atom is -0.496 e. The van der Waals surface area contributed by atoms with Crippen molar-refractivity contribution < 1.29 is 14.2 Å². The van der Waals surface area contributed by atoms with Crippen molar-refractivity contribution in [3.05, 3.63) is 241 Å². The molecule has 0 saturated heterocycles. The highest BCUT2D eigenvalue weighted by Gasteiger charge is 2.25. The molecule has 3 aromatic heterocycles. The van der Waals surface area contributed by atoms with E-state index in [1.165, 1.54) is 146 Å². The molecule has 0 fully saturated rings. The van der Waals surface area contributed by atoms with Crippen LogP contribution >= 0.6 is 0 Å². The smallest absolute Gasteiger partial charge is 0.138 e. The van der Waals surface area contributed by atoms with E-state index >= 15 is 0 Å². The second-order valence-corrected chi connectivity index (χ2v) is 34.0. The van der Waals surface area contributed by atoms with Gasteiger partial charge in [0.2, 0.25) is 0 Å². The van der Waals surface area contributed by atoms with Gasteiger partial charge in [0.25, 0.3) is 0 Å². The number of fused-ring (bicyclic) bond motifs is 12. The number of aromatic amines is 2. The first-order chi connectivity index (χ1) is 59.5. The van der Waals surface area contributed by atoms with E-state index in [-0.39, 0.29) is 11.8 Å². The molecule has 8 bridgehead atoms. The molecule has 0 spiro atoms. The van der Waals surface area contributed by atoms with E-state index in [0.717, 1.165) is 237 Å². The zero-order chi connectivity index (χ0) is 84.1. The molecule has 7 nitrogen and oxygen atoms in total. The SMILES string of the molecule is CCCCCCCCC(CCCCCC)c1c2nc(c(C#Cc3c4ccccc4c(C#Cc4cc(OCCCCCC)c(C)cc4C)c4ccccc34)c3nc(c(C(CCCCCC)CCCCCCCC)c4ccc([nH]4)c(C#Cc4c5ccccc5c(C#Cc5cc(C)c(OC)cc5OCCCCCC)c5ccccc45)c4ccc1[nH]4)C=C3)C=C2. The quantitative estimate of drug-likeness (QED) is 0.0228. The number of methoxy groups -OCH3 is 1. The van der Waals surface area contributed by atoms with E-state index in [4.69, 9.17) is 24.2 Å². The van der Waals surface area contributed by atoms with Crippen LogP contribution in [0.4, 0.5) is 0 Å². The molecule has 2 atom stereocenters. The van der Waals surface area contributed by atoms with E-state index in [9.17, 15) is 0 Å². The third kappa shape index (κ3) is 22.2. The van der Waals surface area contributed by atoms with Crippen LogP contribution in [0.25, 0.3) is 89.5 Å². The Hall–Kier alpha value is -11.0. The lowest BCUT2D eigenvalue weighted by Crippen LogP contribution is -2.04. The highest BCUT2D eigenvalue weighted by molar-refractivity contribution is 6.11. The van der Waals surface area contributed by atoms with Crippen LogP contribution in [0.1, 0.15) is 354 Å². The maximum absolute atomic E-state index is 6.54. The lowest BCUT2D eigenvalue weighted by molar-refractivity contribution is 0.302. The van der Waals surface area contributed by atoms with Gasteiger partial charge in [-0.1, -0.05) is 359 Å². The van der Waals surface area contributed by atoms with Gasteiger partial charge in [-0.2, -0.15) is 0 Å². The van der Waals surface area contributed by atoms with E-state index in [1.807, 2.05) is 6.07 Å². The summed E-state index contributed by atoms with van der Waals surface area (Å²) in [6.07, 6.45) is 46.6. The maximum Gasteiger partial charge on any atom is 0.138 e. The fourth-order valence-corrected chi connectivity index (χ4v) is 18.2. The van der Waals surface area contributed by atoms with E-state index < -0.39 is 0 Å². The number of H-pyrrole nitrogens is 2. The minimum atomic E-state index is 0.228. The molecule has 624 valence electrons. The Morgan fingerprint density at radius 3 is 0.992 bits per heavy atom. The Bertz CT molecular complexity index is 5680. The molecule has 0 aliphatic carbocycles. The average Bonchev–Trinajstić information content (AvgIpc) is 1.08. The van der Waals surface area contributed by atoms with Crippen LogP contribution < -0.4 is 14.2 Å². The van der Waals surface area contributed by atoms with Crippen LogP contribution in [0.15, 0.2) is 146 Å². The van der Waals surface area contributed by atoms with Gasteiger partial charge in [0.05, 0.1) is 70.8 Å². The molecular weight excluding hydrogens is 1470 g/mol. The number of hydrogen-bond donors (Lipinski definition) is 2. The summed E-state index contributed by atoms with van der Waals surface area (Å²) < 4.78 is 18.8. The number of ether oxygens (including phenoxy) is 3. The standard InChI is InChI=1S/C114H130N4O3/c1-11-17-23-29-31-35-49-84(47-33-25-19-13-3)113-106-71-67-102(115-106)100(65-63-98-92-55-41-37-51-88(92)96(89-52-38-42-56-93(89)98)61-59-86-79-111(82(8)77-81(86)7)120-75-45-27-21-15-5)103-68-72-107(116-103)114(85(48-34-26-20-14-4)50-36-32-30-24-18-12-2)109-74-70-105(118-109)101(104-69-73-108(113)117-104)66-64-99-94-57-43-39-53-90(94)97(91-54-40-44-58-95(91)99)62-60-87-78-83(9)110(119-10)80-112(87)121-76-46-28-22-16-6/h37-44,51-58,67-74,77-80,84-85,117-118H,11-36,45-50,75-76H2,1-10H3. The third-order valence-electron chi connectivity index (χ3n) is 24.9. The normalized spacial score (nSPS) is 12.1. The summed E-state index contributed by atoms with van der Waals surface area (Å²) in [7, 11) is 1.72. The van der Waals surface area contributed by atoms with E-state index in [1.54, 1.807) is 7.11 Å². The first-order valence-corrected chi connectivity index (χ1v) is 46.7. The second kappa shape index (κ2) is 45.1. The molecule has 0 radical (unpaired) electrons. The largest absolute Gasteiger partial charge is 0.496 e. The number of aromatic nitrogens is 4. The van der Waals surface area contributed by atoms with Gasteiger partial charge in [-0.3, -0.25) is 0 Å². The molecule has 5 heterocycles. The molecule has 8 aromatic carbocycles. The number of unbranched alkanes of at least 4 members (excludes halogenated alkanes) is 22. The fraction of sp³-hybridized carbons (Fsp3) is 0.404. The number of nitrogens with one attached hydrogen (secondary N) is 2. The molecule has 11 aromatic rings. The maximum atomic E-state index is 6.54. The van der Waals surface area contributed by atoms with E-state index in [0.29, 0.717) is 13.2 Å². The van der Waals surface area contributed by atoms with Gasteiger partial charge < -0.3 is 24.2 Å². The van der Waals surface area contributed by atoms with Crippen molar-refractivity contribution in [1.29, 1.82) is 0 Å². The zero-order valence-electron chi connectivity index (χ0n) is 74.5. The van der Waals surface area contributed by atoms with Crippen LogP contribution in [-0.2, 0) is 0 Å². The topological polar surface area (TPSA) is 85.1 Å². The molecular formula is C114H130N4O3. The van der Waals surface area contributed by atoms with Crippen LogP contribution in [0, 0.1) is 68.1 Å². The predicted octanol–water partition coefficient (Wildman–Crippen LogP) is 31.3. The minimum absolute atomic E-state index is 0.228. The Labute approximate surface area is 724 Å². The number of nitrogens with zero attached hydrogens (tertiary/aromatic N) is 2. The molecule has 2 N–H and O–H groups in total. The number of aryl methyl sites for hydroxylation is 3. The first-order valence-electron chi connectivity index (χ1n) is 46.7. The van der Waals surface area contributed by atoms with Crippen molar-refractivity contribution in [1.82, 2.24) is 19.9 Å². The number of benzene rings is 8. The molecule has 2 aliphatic heterocycles. The lowest BCUT2D eigenvalue weighted by atomic mass is 9.87. The van der Waals surface area contributed by atoms with Crippen LogP contribution in [0.5, 0.6) is 17.2 Å². The zero-order valence-corrected chi connectivity index (χ0v) is 74.5.